The molecule has 114 valence electrons. The largest absolute Gasteiger partial charge is 0.468 e. The number of nitrogens with zero attached hydrogens (tertiary/aromatic N) is 1. The number of carbonyl (C=O) groups excluding carboxylic acids is 2. The zero-order valence-corrected chi connectivity index (χ0v) is 12.6. The van der Waals surface area contributed by atoms with Gasteiger partial charge in [-0.25, -0.2) is 4.79 Å². The van der Waals surface area contributed by atoms with Crippen LogP contribution in [-0.2, 0) is 19.1 Å². The standard InChI is InChI=1S/C7H13NO2.C7H11NO2/c2*1-5-3-4-6(8-5)7(9)10-2/h5-6,8H,3-4H2,1-2H3;6H,3-4H2,1-2H3/t5-,6-;6-/m00/s1. The fourth-order valence-corrected chi connectivity index (χ4v) is 2.30. The number of hydrogen-bond donors (Lipinski definition) is 1. The molecule has 0 spiro atoms. The van der Waals surface area contributed by atoms with Gasteiger partial charge in [0.05, 0.1) is 14.2 Å². The van der Waals surface area contributed by atoms with Gasteiger partial charge >= 0.3 is 11.9 Å². The number of carbonyl (C=O) groups is 2. The summed E-state index contributed by atoms with van der Waals surface area (Å²) in [5.74, 6) is -0.346. The van der Waals surface area contributed by atoms with Crippen molar-refractivity contribution in [3.63, 3.8) is 0 Å². The van der Waals surface area contributed by atoms with Crippen molar-refractivity contribution in [2.24, 2.45) is 4.99 Å². The first-order chi connectivity index (χ1) is 9.47. The lowest BCUT2D eigenvalue weighted by molar-refractivity contribution is -0.143. The summed E-state index contributed by atoms with van der Waals surface area (Å²) in [5, 5.41) is 3.13. The summed E-state index contributed by atoms with van der Waals surface area (Å²) in [6, 6.07) is 0.189. The molecule has 0 unspecified atom stereocenters. The van der Waals surface area contributed by atoms with E-state index in [1.807, 2.05) is 6.92 Å². The minimum atomic E-state index is -0.218. The highest BCUT2D eigenvalue weighted by molar-refractivity contribution is 5.89. The Balaban J connectivity index is 0.000000200. The molecule has 1 fully saturated rings. The first kappa shape index (κ1) is 16.6. The highest BCUT2D eigenvalue weighted by Gasteiger charge is 2.26. The van der Waals surface area contributed by atoms with Gasteiger partial charge in [0.15, 0.2) is 0 Å². The Hall–Kier alpha value is -1.43. The van der Waals surface area contributed by atoms with Crippen molar-refractivity contribution in [2.45, 2.75) is 57.7 Å². The minimum absolute atomic E-state index is 0.0556. The van der Waals surface area contributed by atoms with E-state index < -0.39 is 0 Å². The lowest BCUT2D eigenvalue weighted by Gasteiger charge is -2.07. The predicted octanol–water partition coefficient (Wildman–Crippen LogP) is 1.08. The summed E-state index contributed by atoms with van der Waals surface area (Å²) >= 11 is 0. The molecule has 0 bridgehead atoms. The van der Waals surface area contributed by atoms with Crippen LogP contribution in [0.2, 0.25) is 0 Å². The molecule has 6 nitrogen and oxygen atoms in total. The molecule has 20 heavy (non-hydrogen) atoms. The summed E-state index contributed by atoms with van der Waals surface area (Å²) in [6.07, 6.45) is 3.73. The second-order valence-corrected chi connectivity index (χ2v) is 5.16. The fraction of sp³-hybridized carbons (Fsp3) is 0.786. The van der Waals surface area contributed by atoms with Crippen LogP contribution in [0.1, 0.15) is 39.5 Å². The van der Waals surface area contributed by atoms with Gasteiger partial charge in [-0.3, -0.25) is 9.79 Å². The van der Waals surface area contributed by atoms with Crippen LogP contribution in [0.4, 0.5) is 0 Å². The maximum atomic E-state index is 10.9. The van der Waals surface area contributed by atoms with Gasteiger partial charge < -0.3 is 14.8 Å². The SMILES string of the molecule is COC(=O)[C@@H]1CCC(C)=N1.COC(=O)[C@@H]1CC[C@H](C)N1. The van der Waals surface area contributed by atoms with E-state index in [2.05, 4.69) is 26.7 Å². The molecular formula is C14H24N2O4. The van der Waals surface area contributed by atoms with Gasteiger partial charge in [0.1, 0.15) is 12.1 Å². The lowest BCUT2D eigenvalue weighted by atomic mass is 10.2. The molecule has 0 radical (unpaired) electrons. The van der Waals surface area contributed by atoms with E-state index >= 15 is 0 Å². The molecule has 2 aliphatic heterocycles. The summed E-state index contributed by atoms with van der Waals surface area (Å²) in [6.45, 7) is 4.01. The van der Waals surface area contributed by atoms with Crippen molar-refractivity contribution < 1.29 is 19.1 Å². The van der Waals surface area contributed by atoms with Crippen LogP contribution < -0.4 is 5.32 Å². The molecule has 2 rings (SSSR count). The Bertz CT molecular complexity index is 381. The van der Waals surface area contributed by atoms with Gasteiger partial charge in [-0.05, 0) is 39.5 Å². The quantitative estimate of drug-likeness (QED) is 0.768. The zero-order chi connectivity index (χ0) is 15.1. The third kappa shape index (κ3) is 4.92. The molecule has 0 saturated carbocycles. The highest BCUT2D eigenvalue weighted by atomic mass is 16.5. The van der Waals surface area contributed by atoms with Crippen LogP contribution in [-0.4, -0.2) is 50.0 Å². The predicted molar refractivity (Wildman–Crippen MR) is 75.8 cm³/mol. The number of rotatable bonds is 2. The minimum Gasteiger partial charge on any atom is -0.468 e. The molecule has 6 heteroatoms. The van der Waals surface area contributed by atoms with E-state index in [0.29, 0.717) is 6.04 Å². The topological polar surface area (TPSA) is 77.0 Å². The second kappa shape index (κ2) is 7.99. The first-order valence-corrected chi connectivity index (χ1v) is 6.93. The Morgan fingerprint density at radius 3 is 2.20 bits per heavy atom. The molecule has 0 aromatic carbocycles. The van der Waals surface area contributed by atoms with Crippen LogP contribution in [0, 0.1) is 0 Å². The van der Waals surface area contributed by atoms with E-state index in [4.69, 9.17) is 0 Å². The fourth-order valence-electron chi connectivity index (χ4n) is 2.30. The van der Waals surface area contributed by atoms with Crippen molar-refractivity contribution >= 4 is 17.7 Å². The molecule has 2 heterocycles. The van der Waals surface area contributed by atoms with E-state index in [9.17, 15) is 9.59 Å². The van der Waals surface area contributed by atoms with Crippen LogP contribution in [0.15, 0.2) is 4.99 Å². The summed E-state index contributed by atoms with van der Waals surface area (Å²) < 4.78 is 9.12. The van der Waals surface area contributed by atoms with Crippen molar-refractivity contribution in [3.8, 4) is 0 Å². The summed E-state index contributed by atoms with van der Waals surface area (Å²) in [7, 11) is 2.82. The zero-order valence-electron chi connectivity index (χ0n) is 12.6. The molecule has 0 amide bonds. The average molecular weight is 284 g/mol. The number of esters is 2. The van der Waals surface area contributed by atoms with Crippen LogP contribution in [0.5, 0.6) is 0 Å². The Labute approximate surface area is 119 Å². The van der Waals surface area contributed by atoms with Crippen molar-refractivity contribution in [1.82, 2.24) is 5.32 Å². The molecule has 0 aromatic rings. The van der Waals surface area contributed by atoms with Gasteiger partial charge in [-0.2, -0.15) is 0 Å². The third-order valence-electron chi connectivity index (χ3n) is 3.49. The number of methoxy groups -OCH3 is 2. The molecule has 0 aromatic heterocycles. The third-order valence-corrected chi connectivity index (χ3v) is 3.49. The highest BCUT2D eigenvalue weighted by Crippen LogP contribution is 2.13. The Morgan fingerprint density at radius 2 is 1.80 bits per heavy atom. The van der Waals surface area contributed by atoms with E-state index in [1.54, 1.807) is 0 Å². The van der Waals surface area contributed by atoms with Crippen LogP contribution >= 0.6 is 0 Å². The lowest BCUT2D eigenvalue weighted by Crippen LogP contribution is -2.34. The van der Waals surface area contributed by atoms with E-state index in [1.165, 1.54) is 14.2 Å². The molecule has 2 aliphatic rings. The number of ether oxygens (including phenoxy) is 2. The molecule has 0 aliphatic carbocycles. The molecule has 1 N–H and O–H groups in total. The second-order valence-electron chi connectivity index (χ2n) is 5.16. The van der Waals surface area contributed by atoms with E-state index in [0.717, 1.165) is 31.4 Å². The van der Waals surface area contributed by atoms with Crippen molar-refractivity contribution in [1.29, 1.82) is 0 Å². The maximum Gasteiger partial charge on any atom is 0.330 e. The first-order valence-electron chi connectivity index (χ1n) is 6.93. The van der Waals surface area contributed by atoms with Gasteiger partial charge in [0, 0.05) is 11.8 Å². The molecule has 1 saturated heterocycles. The monoisotopic (exact) mass is 284 g/mol. The smallest absolute Gasteiger partial charge is 0.330 e. The molecular weight excluding hydrogens is 260 g/mol. The van der Waals surface area contributed by atoms with Crippen molar-refractivity contribution in [3.05, 3.63) is 0 Å². The normalized spacial score (nSPS) is 28.2. The number of aliphatic imine (C=N–C) groups is 1. The van der Waals surface area contributed by atoms with Gasteiger partial charge in [0.2, 0.25) is 0 Å². The van der Waals surface area contributed by atoms with E-state index in [-0.39, 0.29) is 24.0 Å². The number of hydrogen-bond acceptors (Lipinski definition) is 6. The molecule has 3 atom stereocenters. The van der Waals surface area contributed by atoms with Crippen LogP contribution in [0.3, 0.4) is 0 Å². The Kier molecular flexibility index (Phi) is 6.64. The number of nitrogens with one attached hydrogen (secondary N) is 1. The summed E-state index contributed by atoms with van der Waals surface area (Å²) in [5.41, 5.74) is 1.05. The van der Waals surface area contributed by atoms with Gasteiger partial charge in [-0.1, -0.05) is 0 Å². The van der Waals surface area contributed by atoms with Crippen LogP contribution in [0.25, 0.3) is 0 Å². The van der Waals surface area contributed by atoms with Gasteiger partial charge in [0.25, 0.3) is 0 Å². The Morgan fingerprint density at radius 1 is 1.15 bits per heavy atom. The summed E-state index contributed by atoms with van der Waals surface area (Å²) in [4.78, 5) is 25.8. The van der Waals surface area contributed by atoms with Gasteiger partial charge in [-0.15, -0.1) is 0 Å². The maximum absolute atomic E-state index is 10.9. The van der Waals surface area contributed by atoms with Crippen molar-refractivity contribution in [2.75, 3.05) is 14.2 Å². The average Bonchev–Trinajstić information content (AvgIpc) is 3.06.